The van der Waals surface area contributed by atoms with Crippen molar-refractivity contribution in [2.75, 3.05) is 10.6 Å². The van der Waals surface area contributed by atoms with Crippen LogP contribution in [-0.2, 0) is 23.1 Å². The van der Waals surface area contributed by atoms with E-state index >= 15 is 0 Å². The molecule has 0 aliphatic carbocycles. The minimum Gasteiger partial charge on any atom is -0.348 e. The minimum absolute atomic E-state index is 0.144. The van der Waals surface area contributed by atoms with Crippen LogP contribution in [0, 0.1) is 0 Å². The van der Waals surface area contributed by atoms with Crippen LogP contribution in [0.5, 0.6) is 0 Å². The molecule has 0 saturated carbocycles. The molecule has 0 aliphatic rings. The number of nitrogens with one attached hydrogen (secondary N) is 1. The van der Waals surface area contributed by atoms with Crippen molar-refractivity contribution in [3.63, 3.8) is 0 Å². The number of carbonyl (C=O) groups is 1. The lowest BCUT2D eigenvalue weighted by atomic mass is 10.1. The smallest absolute Gasteiger partial charge is 0.251 e. The molecule has 0 spiro atoms. The van der Waals surface area contributed by atoms with Gasteiger partial charge in [-0.25, -0.2) is 8.42 Å². The van der Waals surface area contributed by atoms with Gasteiger partial charge in [0.25, 0.3) is 5.91 Å². The van der Waals surface area contributed by atoms with Crippen molar-refractivity contribution in [1.29, 1.82) is 0 Å². The van der Waals surface area contributed by atoms with Gasteiger partial charge in [0.1, 0.15) is 0 Å². The van der Waals surface area contributed by atoms with Crippen molar-refractivity contribution in [2.45, 2.75) is 13.1 Å². The quantitative estimate of drug-likeness (QED) is 0.612. The van der Waals surface area contributed by atoms with E-state index in [-0.39, 0.29) is 12.5 Å². The second-order valence-electron chi connectivity index (χ2n) is 6.61. The Kier molecular flexibility index (Phi) is 6.56. The number of sulfonamides is 1. The molecule has 5 nitrogen and oxygen atoms in total. The Morgan fingerprint density at radius 1 is 0.931 bits per heavy atom. The Balaban J connectivity index is 1.70. The van der Waals surface area contributed by atoms with E-state index in [9.17, 15) is 13.2 Å². The molecule has 3 aromatic rings. The Labute approximate surface area is 176 Å². The second kappa shape index (κ2) is 9.11. The highest BCUT2D eigenvalue weighted by Crippen LogP contribution is 2.24. The summed E-state index contributed by atoms with van der Waals surface area (Å²) < 4.78 is 25.8. The molecule has 0 aromatic heterocycles. The molecule has 150 valence electrons. The third-order valence-corrected chi connectivity index (χ3v) is 5.71. The van der Waals surface area contributed by atoms with Gasteiger partial charge in [-0.3, -0.25) is 9.10 Å². The molecule has 0 bridgehead atoms. The molecule has 0 atom stereocenters. The maximum absolute atomic E-state index is 12.3. The van der Waals surface area contributed by atoms with Crippen molar-refractivity contribution in [1.82, 2.24) is 5.32 Å². The SMILES string of the molecule is CS(=O)(=O)N(Cc1ccc(C(=O)NCc2ccccc2)cc1)c1cccc(Cl)c1. The zero-order chi connectivity index (χ0) is 20.9. The number of hydrogen-bond donors (Lipinski definition) is 1. The van der Waals surface area contributed by atoms with Crippen LogP contribution in [-0.4, -0.2) is 20.6 Å². The Morgan fingerprint density at radius 2 is 1.62 bits per heavy atom. The van der Waals surface area contributed by atoms with Gasteiger partial charge in [-0.2, -0.15) is 0 Å². The topological polar surface area (TPSA) is 66.5 Å². The molecular formula is C22H21ClN2O3S. The van der Waals surface area contributed by atoms with Crippen LogP contribution >= 0.6 is 11.6 Å². The molecule has 29 heavy (non-hydrogen) atoms. The van der Waals surface area contributed by atoms with Crippen molar-refractivity contribution >= 4 is 33.2 Å². The summed E-state index contributed by atoms with van der Waals surface area (Å²) in [4.78, 5) is 12.3. The average molecular weight is 429 g/mol. The average Bonchev–Trinajstić information content (AvgIpc) is 2.70. The van der Waals surface area contributed by atoms with Crippen LogP contribution in [0.1, 0.15) is 21.5 Å². The fraction of sp³-hybridized carbons (Fsp3) is 0.136. The van der Waals surface area contributed by atoms with E-state index in [2.05, 4.69) is 5.32 Å². The number of hydrogen-bond acceptors (Lipinski definition) is 3. The molecule has 3 aromatic carbocycles. The van der Waals surface area contributed by atoms with Gasteiger partial charge in [0.2, 0.25) is 10.0 Å². The number of nitrogens with zero attached hydrogens (tertiary/aromatic N) is 1. The lowest BCUT2D eigenvalue weighted by molar-refractivity contribution is 0.0951. The summed E-state index contributed by atoms with van der Waals surface area (Å²) in [7, 11) is -3.50. The maximum Gasteiger partial charge on any atom is 0.251 e. The van der Waals surface area contributed by atoms with Gasteiger partial charge >= 0.3 is 0 Å². The van der Waals surface area contributed by atoms with E-state index in [1.54, 1.807) is 48.5 Å². The monoisotopic (exact) mass is 428 g/mol. The van der Waals surface area contributed by atoms with Crippen LogP contribution in [0.15, 0.2) is 78.9 Å². The normalized spacial score (nSPS) is 11.1. The highest BCUT2D eigenvalue weighted by molar-refractivity contribution is 7.92. The van der Waals surface area contributed by atoms with Crippen molar-refractivity contribution in [3.8, 4) is 0 Å². The summed E-state index contributed by atoms with van der Waals surface area (Å²) in [6.45, 7) is 0.586. The van der Waals surface area contributed by atoms with Gasteiger partial charge in [-0.15, -0.1) is 0 Å². The standard InChI is InChI=1S/C22H21ClN2O3S/c1-29(27,28)25(21-9-5-8-20(23)14-21)16-18-10-12-19(13-11-18)22(26)24-15-17-6-3-2-4-7-17/h2-14H,15-16H2,1H3,(H,24,26). The van der Waals surface area contributed by atoms with E-state index in [0.717, 1.165) is 17.4 Å². The molecular weight excluding hydrogens is 408 g/mol. The molecule has 0 heterocycles. The summed E-state index contributed by atoms with van der Waals surface area (Å²) in [6.07, 6.45) is 1.15. The first-order chi connectivity index (χ1) is 13.8. The number of halogens is 1. The summed E-state index contributed by atoms with van der Waals surface area (Å²) in [5, 5.41) is 3.33. The van der Waals surface area contributed by atoms with Crippen molar-refractivity contribution in [2.24, 2.45) is 0 Å². The maximum atomic E-state index is 12.3. The van der Waals surface area contributed by atoms with Gasteiger partial charge in [0.15, 0.2) is 0 Å². The van der Waals surface area contributed by atoms with E-state index in [0.29, 0.717) is 22.8 Å². The largest absolute Gasteiger partial charge is 0.348 e. The minimum atomic E-state index is -3.50. The van der Waals surface area contributed by atoms with Gasteiger partial charge < -0.3 is 5.32 Å². The van der Waals surface area contributed by atoms with Crippen LogP contribution in [0.4, 0.5) is 5.69 Å². The summed E-state index contributed by atoms with van der Waals surface area (Å²) in [6, 6.07) is 23.2. The van der Waals surface area contributed by atoms with Gasteiger partial charge in [0, 0.05) is 17.1 Å². The molecule has 7 heteroatoms. The molecule has 1 amide bonds. The first-order valence-corrected chi connectivity index (χ1v) is 11.2. The number of amides is 1. The van der Waals surface area contributed by atoms with Crippen LogP contribution in [0.25, 0.3) is 0 Å². The number of carbonyl (C=O) groups excluding carboxylic acids is 1. The fourth-order valence-corrected chi connectivity index (χ4v) is 3.90. The lowest BCUT2D eigenvalue weighted by Gasteiger charge is -2.22. The zero-order valence-corrected chi connectivity index (χ0v) is 17.5. The summed E-state index contributed by atoms with van der Waals surface area (Å²) >= 11 is 6.01. The Morgan fingerprint density at radius 3 is 2.24 bits per heavy atom. The Bertz CT molecular complexity index is 1080. The van der Waals surface area contributed by atoms with Crippen molar-refractivity contribution in [3.05, 3.63) is 101 Å². The van der Waals surface area contributed by atoms with Crippen LogP contribution in [0.2, 0.25) is 5.02 Å². The van der Waals surface area contributed by atoms with Crippen LogP contribution in [0.3, 0.4) is 0 Å². The zero-order valence-electron chi connectivity index (χ0n) is 15.9. The van der Waals surface area contributed by atoms with E-state index in [4.69, 9.17) is 11.6 Å². The fourth-order valence-electron chi connectivity index (χ4n) is 2.84. The van der Waals surface area contributed by atoms with E-state index < -0.39 is 10.0 Å². The summed E-state index contributed by atoms with van der Waals surface area (Å²) in [5.41, 5.74) is 2.78. The summed E-state index contributed by atoms with van der Waals surface area (Å²) in [5.74, 6) is -0.185. The molecule has 0 radical (unpaired) electrons. The molecule has 0 unspecified atom stereocenters. The molecule has 0 aliphatic heterocycles. The third kappa shape index (κ3) is 5.82. The first kappa shape index (κ1) is 20.9. The van der Waals surface area contributed by atoms with Gasteiger partial charge in [0.05, 0.1) is 18.5 Å². The van der Waals surface area contributed by atoms with Gasteiger partial charge in [-0.1, -0.05) is 60.1 Å². The highest BCUT2D eigenvalue weighted by Gasteiger charge is 2.18. The lowest BCUT2D eigenvalue weighted by Crippen LogP contribution is -2.29. The molecule has 3 rings (SSSR count). The van der Waals surface area contributed by atoms with Crippen LogP contribution < -0.4 is 9.62 Å². The Hall–Kier alpha value is -2.83. The van der Waals surface area contributed by atoms with E-state index in [1.807, 2.05) is 30.3 Å². The third-order valence-electron chi connectivity index (χ3n) is 4.33. The van der Waals surface area contributed by atoms with E-state index in [1.165, 1.54) is 4.31 Å². The molecule has 1 N–H and O–H groups in total. The number of rotatable bonds is 7. The predicted octanol–water partition coefficient (Wildman–Crippen LogP) is 4.24. The number of benzene rings is 3. The first-order valence-electron chi connectivity index (χ1n) is 8.97. The molecule has 0 fully saturated rings. The predicted molar refractivity (Wildman–Crippen MR) is 117 cm³/mol. The highest BCUT2D eigenvalue weighted by atomic mass is 35.5. The number of anilines is 1. The second-order valence-corrected chi connectivity index (χ2v) is 8.96. The molecule has 0 saturated heterocycles. The van der Waals surface area contributed by atoms with Crippen molar-refractivity contribution < 1.29 is 13.2 Å². The van der Waals surface area contributed by atoms with Gasteiger partial charge in [-0.05, 0) is 41.5 Å².